The Labute approximate surface area is 151 Å². The lowest BCUT2D eigenvalue weighted by Gasteiger charge is -2.28. The van der Waals surface area contributed by atoms with Gasteiger partial charge in [0.2, 0.25) is 5.56 Å². The first-order chi connectivity index (χ1) is 12.6. The fourth-order valence-corrected chi connectivity index (χ4v) is 4.23. The van der Waals surface area contributed by atoms with E-state index in [1.54, 1.807) is 18.5 Å². The highest BCUT2D eigenvalue weighted by Crippen LogP contribution is 2.49. The summed E-state index contributed by atoms with van der Waals surface area (Å²) in [5.41, 5.74) is 1.12. The minimum absolute atomic E-state index is 0.0505. The van der Waals surface area contributed by atoms with Crippen molar-refractivity contribution < 1.29 is 9.53 Å². The highest BCUT2D eigenvalue weighted by atomic mass is 16.5. The summed E-state index contributed by atoms with van der Waals surface area (Å²) in [6.45, 7) is 3.81. The summed E-state index contributed by atoms with van der Waals surface area (Å²) < 4.78 is 5.89. The van der Waals surface area contributed by atoms with Gasteiger partial charge in [-0.05, 0) is 37.3 Å². The summed E-state index contributed by atoms with van der Waals surface area (Å²) in [6, 6.07) is 3.40. The van der Waals surface area contributed by atoms with Crippen molar-refractivity contribution in [2.24, 2.45) is 11.3 Å². The SMILES string of the molecule is Cc1cnc(OCC23CCCC2CN(C(=O)c2cc[nH]c(=O)c2)C3)nc1. The van der Waals surface area contributed by atoms with E-state index in [1.165, 1.54) is 12.3 Å². The van der Waals surface area contributed by atoms with Crippen molar-refractivity contribution in [3.8, 4) is 6.01 Å². The first kappa shape index (κ1) is 16.8. The van der Waals surface area contributed by atoms with E-state index in [0.29, 0.717) is 37.2 Å². The zero-order chi connectivity index (χ0) is 18.1. The quantitative estimate of drug-likeness (QED) is 0.904. The lowest BCUT2D eigenvalue weighted by atomic mass is 9.82. The largest absolute Gasteiger partial charge is 0.463 e. The molecule has 1 amide bonds. The fourth-order valence-electron chi connectivity index (χ4n) is 4.23. The number of likely N-dealkylation sites (tertiary alicyclic amines) is 1. The fraction of sp³-hybridized carbons (Fsp3) is 0.474. The van der Waals surface area contributed by atoms with Crippen LogP contribution in [0.25, 0.3) is 0 Å². The molecule has 0 aromatic carbocycles. The molecule has 1 N–H and O–H groups in total. The van der Waals surface area contributed by atoms with Crippen LogP contribution in [0.5, 0.6) is 6.01 Å². The molecule has 7 heteroatoms. The molecule has 2 aliphatic rings. The molecule has 1 saturated heterocycles. The molecule has 3 heterocycles. The first-order valence-electron chi connectivity index (χ1n) is 8.95. The summed E-state index contributed by atoms with van der Waals surface area (Å²) in [7, 11) is 0. The first-order valence-corrected chi connectivity index (χ1v) is 8.95. The molecule has 2 unspecified atom stereocenters. The summed E-state index contributed by atoms with van der Waals surface area (Å²) >= 11 is 0. The van der Waals surface area contributed by atoms with Gasteiger partial charge in [-0.25, -0.2) is 9.97 Å². The number of pyridine rings is 1. The number of fused-ring (bicyclic) bond motifs is 1. The Morgan fingerprint density at radius 2 is 2.23 bits per heavy atom. The molecule has 2 aromatic heterocycles. The van der Waals surface area contributed by atoms with E-state index in [0.717, 1.165) is 24.8 Å². The summed E-state index contributed by atoms with van der Waals surface area (Å²) in [5, 5.41) is 0. The standard InChI is InChI=1S/C19H22N4O3/c1-13-8-21-18(22-9-13)26-12-19-5-2-3-15(19)10-23(11-19)17(25)14-4-6-20-16(24)7-14/h4,6-9,15H,2-3,5,10-12H2,1H3,(H,20,24). The lowest BCUT2D eigenvalue weighted by Crippen LogP contribution is -2.36. The molecular formula is C19H22N4O3. The molecule has 1 saturated carbocycles. The van der Waals surface area contributed by atoms with Crippen molar-refractivity contribution in [1.82, 2.24) is 19.9 Å². The summed E-state index contributed by atoms with van der Waals surface area (Å²) in [6.07, 6.45) is 8.27. The van der Waals surface area contributed by atoms with Gasteiger partial charge in [-0.15, -0.1) is 0 Å². The molecule has 0 spiro atoms. The molecule has 1 aliphatic carbocycles. The number of rotatable bonds is 4. The lowest BCUT2D eigenvalue weighted by molar-refractivity contribution is 0.0742. The van der Waals surface area contributed by atoms with Crippen molar-refractivity contribution in [2.45, 2.75) is 26.2 Å². The van der Waals surface area contributed by atoms with Crippen LogP contribution < -0.4 is 10.3 Å². The van der Waals surface area contributed by atoms with Crippen LogP contribution in [0.1, 0.15) is 35.2 Å². The Bertz CT molecular complexity index is 864. The number of aryl methyl sites for hydroxylation is 1. The van der Waals surface area contributed by atoms with E-state index >= 15 is 0 Å². The van der Waals surface area contributed by atoms with Crippen molar-refractivity contribution >= 4 is 5.91 Å². The van der Waals surface area contributed by atoms with Crippen LogP contribution in [-0.2, 0) is 0 Å². The van der Waals surface area contributed by atoms with Gasteiger partial charge in [0, 0.05) is 48.7 Å². The second kappa shape index (κ2) is 6.55. The van der Waals surface area contributed by atoms with Gasteiger partial charge in [0.25, 0.3) is 5.91 Å². The molecule has 2 aromatic rings. The average Bonchev–Trinajstić information content (AvgIpc) is 3.18. The van der Waals surface area contributed by atoms with Gasteiger partial charge < -0.3 is 14.6 Å². The van der Waals surface area contributed by atoms with Gasteiger partial charge >= 0.3 is 6.01 Å². The van der Waals surface area contributed by atoms with Gasteiger partial charge in [0.1, 0.15) is 0 Å². The Kier molecular flexibility index (Phi) is 4.22. The van der Waals surface area contributed by atoms with Crippen molar-refractivity contribution in [3.05, 3.63) is 52.2 Å². The molecule has 0 bridgehead atoms. The predicted molar refractivity (Wildman–Crippen MR) is 95.0 cm³/mol. The second-order valence-corrected chi connectivity index (χ2v) is 7.41. The van der Waals surface area contributed by atoms with Crippen LogP contribution >= 0.6 is 0 Å². The Balaban J connectivity index is 1.48. The topological polar surface area (TPSA) is 88.2 Å². The number of hydrogen-bond donors (Lipinski definition) is 1. The number of ether oxygens (including phenoxy) is 1. The monoisotopic (exact) mass is 354 g/mol. The Hall–Kier alpha value is -2.70. The third kappa shape index (κ3) is 3.09. The molecule has 4 rings (SSSR count). The zero-order valence-corrected chi connectivity index (χ0v) is 14.8. The normalized spacial score (nSPS) is 24.5. The molecule has 26 heavy (non-hydrogen) atoms. The van der Waals surface area contributed by atoms with Crippen LogP contribution in [-0.4, -0.2) is 45.5 Å². The maximum atomic E-state index is 12.8. The molecule has 136 valence electrons. The number of amides is 1. The van der Waals surface area contributed by atoms with Crippen LogP contribution in [0.4, 0.5) is 0 Å². The molecule has 0 radical (unpaired) electrons. The van der Waals surface area contributed by atoms with E-state index in [-0.39, 0.29) is 16.9 Å². The van der Waals surface area contributed by atoms with E-state index in [1.807, 2.05) is 11.8 Å². The van der Waals surface area contributed by atoms with Crippen molar-refractivity contribution in [3.63, 3.8) is 0 Å². The summed E-state index contributed by atoms with van der Waals surface area (Å²) in [4.78, 5) is 37.1. The zero-order valence-electron chi connectivity index (χ0n) is 14.8. The number of aromatic nitrogens is 3. The van der Waals surface area contributed by atoms with Crippen LogP contribution in [0.2, 0.25) is 0 Å². The van der Waals surface area contributed by atoms with Crippen molar-refractivity contribution in [1.29, 1.82) is 0 Å². The number of aromatic amines is 1. The maximum absolute atomic E-state index is 12.8. The maximum Gasteiger partial charge on any atom is 0.316 e. The highest BCUT2D eigenvalue weighted by molar-refractivity contribution is 5.94. The Morgan fingerprint density at radius 3 is 3.00 bits per heavy atom. The van der Waals surface area contributed by atoms with Gasteiger partial charge in [-0.2, -0.15) is 0 Å². The van der Waals surface area contributed by atoms with E-state index in [2.05, 4.69) is 15.0 Å². The summed E-state index contributed by atoms with van der Waals surface area (Å²) in [5.74, 6) is 0.329. The molecular weight excluding hydrogens is 332 g/mol. The van der Waals surface area contributed by atoms with Gasteiger partial charge in [0.05, 0.1) is 6.61 Å². The van der Waals surface area contributed by atoms with E-state index < -0.39 is 0 Å². The van der Waals surface area contributed by atoms with Gasteiger partial charge in [-0.3, -0.25) is 9.59 Å². The van der Waals surface area contributed by atoms with Crippen molar-refractivity contribution in [2.75, 3.05) is 19.7 Å². The third-order valence-corrected chi connectivity index (χ3v) is 5.60. The predicted octanol–water partition coefficient (Wildman–Crippen LogP) is 1.79. The van der Waals surface area contributed by atoms with Gasteiger partial charge in [-0.1, -0.05) is 6.42 Å². The average molecular weight is 354 g/mol. The number of nitrogens with zero attached hydrogens (tertiary/aromatic N) is 3. The molecule has 2 atom stereocenters. The van der Waals surface area contributed by atoms with Crippen LogP contribution in [0.15, 0.2) is 35.5 Å². The molecule has 1 aliphatic heterocycles. The van der Waals surface area contributed by atoms with Crippen LogP contribution in [0.3, 0.4) is 0 Å². The minimum Gasteiger partial charge on any atom is -0.463 e. The molecule has 7 nitrogen and oxygen atoms in total. The Morgan fingerprint density at radius 1 is 1.42 bits per heavy atom. The number of hydrogen-bond acceptors (Lipinski definition) is 5. The smallest absolute Gasteiger partial charge is 0.316 e. The number of carbonyl (C=O) groups excluding carboxylic acids is 1. The number of carbonyl (C=O) groups is 1. The number of nitrogens with one attached hydrogen (secondary N) is 1. The van der Waals surface area contributed by atoms with Gasteiger partial charge in [0.15, 0.2) is 0 Å². The van der Waals surface area contributed by atoms with E-state index in [4.69, 9.17) is 4.74 Å². The highest BCUT2D eigenvalue weighted by Gasteiger charge is 2.51. The minimum atomic E-state index is -0.259. The molecule has 2 fully saturated rings. The van der Waals surface area contributed by atoms with E-state index in [9.17, 15) is 9.59 Å². The second-order valence-electron chi connectivity index (χ2n) is 7.41. The third-order valence-electron chi connectivity index (χ3n) is 5.60. The number of H-pyrrole nitrogens is 1. The van der Waals surface area contributed by atoms with Crippen LogP contribution in [0, 0.1) is 18.3 Å².